The molecule has 4 rings (SSSR count). The molecule has 0 aliphatic rings. The van der Waals surface area contributed by atoms with Gasteiger partial charge in [0.25, 0.3) is 0 Å². The van der Waals surface area contributed by atoms with Gasteiger partial charge in [-0.1, -0.05) is 26.0 Å². The molecule has 1 atom stereocenters. The van der Waals surface area contributed by atoms with Gasteiger partial charge in [-0.25, -0.2) is 0 Å². The van der Waals surface area contributed by atoms with E-state index >= 15 is 0 Å². The molecule has 0 bridgehead atoms. The predicted octanol–water partition coefficient (Wildman–Crippen LogP) is 4.38. The molecule has 0 aliphatic heterocycles. The average molecular weight is 364 g/mol. The lowest BCUT2D eigenvalue weighted by atomic mass is 10.2. The smallest absolute Gasteiger partial charge is 0.160 e. The van der Waals surface area contributed by atoms with Crippen LogP contribution in [0.4, 0.5) is 11.5 Å². The van der Waals surface area contributed by atoms with Crippen LogP contribution in [0.5, 0.6) is 0 Å². The van der Waals surface area contributed by atoms with Crippen molar-refractivity contribution in [1.29, 1.82) is 0 Å². The Morgan fingerprint density at radius 3 is 2.69 bits per heavy atom. The second-order valence-electron chi connectivity index (χ2n) is 6.50. The number of fused-ring (bicyclic) bond motifs is 2. The Hall–Kier alpha value is -2.73. The number of para-hydroxylation sites is 1. The van der Waals surface area contributed by atoms with Crippen LogP contribution in [0.15, 0.2) is 59.6 Å². The summed E-state index contributed by atoms with van der Waals surface area (Å²) < 4.78 is 14.4. The van der Waals surface area contributed by atoms with Gasteiger partial charge < -0.3 is 5.32 Å². The van der Waals surface area contributed by atoms with Crippen molar-refractivity contribution < 1.29 is 4.21 Å². The minimum absolute atomic E-state index is 0.0697. The minimum atomic E-state index is -1.04. The summed E-state index contributed by atoms with van der Waals surface area (Å²) in [5.41, 5.74) is 2.83. The van der Waals surface area contributed by atoms with Crippen molar-refractivity contribution in [3.63, 3.8) is 0 Å². The lowest BCUT2D eigenvalue weighted by Gasteiger charge is -2.10. The summed E-state index contributed by atoms with van der Waals surface area (Å²) in [5.74, 6) is 0.797. The minimum Gasteiger partial charge on any atom is -0.338 e. The third-order valence-electron chi connectivity index (χ3n) is 4.38. The van der Waals surface area contributed by atoms with Gasteiger partial charge in [-0.3, -0.25) is 13.9 Å². The van der Waals surface area contributed by atoms with Crippen molar-refractivity contribution in [1.82, 2.24) is 14.8 Å². The summed E-state index contributed by atoms with van der Waals surface area (Å²) in [6.07, 6.45) is 1.77. The first-order valence-corrected chi connectivity index (χ1v) is 9.74. The van der Waals surface area contributed by atoms with Gasteiger partial charge >= 0.3 is 0 Å². The highest BCUT2D eigenvalue weighted by atomic mass is 32.2. The number of benzene rings is 2. The maximum atomic E-state index is 12.5. The standard InChI is InChI=1S/C20H20N4OS/c1-13(2)26(25)14-8-9-17-16(12-14)18(10-11-21-17)22-20-15-6-4-5-7-19(15)24(3)23-20/h4-13H,1-3H3,(H,21,22,23). The van der Waals surface area contributed by atoms with Crippen molar-refractivity contribution in [3.8, 4) is 0 Å². The normalized spacial score (nSPS) is 12.8. The van der Waals surface area contributed by atoms with Gasteiger partial charge in [0.05, 0.1) is 27.5 Å². The molecule has 4 aromatic rings. The maximum absolute atomic E-state index is 12.5. The molecule has 0 amide bonds. The monoisotopic (exact) mass is 364 g/mol. The number of aryl methyl sites for hydroxylation is 1. The molecule has 26 heavy (non-hydrogen) atoms. The van der Waals surface area contributed by atoms with Gasteiger partial charge in [-0.05, 0) is 36.4 Å². The van der Waals surface area contributed by atoms with E-state index in [4.69, 9.17) is 0 Å². The Balaban J connectivity index is 1.83. The molecule has 1 N–H and O–H groups in total. The van der Waals surface area contributed by atoms with Crippen molar-refractivity contribution >= 4 is 44.1 Å². The van der Waals surface area contributed by atoms with Crippen molar-refractivity contribution in [3.05, 3.63) is 54.7 Å². The number of pyridine rings is 1. The third-order valence-corrected chi connectivity index (χ3v) is 5.96. The van der Waals surface area contributed by atoms with Gasteiger partial charge in [0.2, 0.25) is 0 Å². The lowest BCUT2D eigenvalue weighted by Crippen LogP contribution is -2.05. The van der Waals surface area contributed by atoms with Crippen LogP contribution in [0, 0.1) is 0 Å². The average Bonchev–Trinajstić information content (AvgIpc) is 2.97. The molecule has 1 unspecified atom stereocenters. The van der Waals surface area contributed by atoms with Crippen LogP contribution in [-0.2, 0) is 17.8 Å². The van der Waals surface area contributed by atoms with E-state index in [0.29, 0.717) is 0 Å². The summed E-state index contributed by atoms with van der Waals surface area (Å²) >= 11 is 0. The maximum Gasteiger partial charge on any atom is 0.160 e. The van der Waals surface area contributed by atoms with E-state index in [1.54, 1.807) is 6.20 Å². The van der Waals surface area contributed by atoms with E-state index in [1.807, 2.05) is 74.1 Å². The molecule has 0 aliphatic carbocycles. The van der Waals surface area contributed by atoms with Crippen LogP contribution in [0.1, 0.15) is 13.8 Å². The van der Waals surface area contributed by atoms with Crippen LogP contribution in [0.3, 0.4) is 0 Å². The molecule has 0 fully saturated rings. The number of hydrogen-bond acceptors (Lipinski definition) is 4. The first-order chi connectivity index (χ1) is 12.5. The predicted molar refractivity (Wildman–Crippen MR) is 107 cm³/mol. The van der Waals surface area contributed by atoms with E-state index in [2.05, 4.69) is 15.4 Å². The second-order valence-corrected chi connectivity index (χ2v) is 8.51. The number of rotatable bonds is 4. The molecule has 132 valence electrons. The quantitative estimate of drug-likeness (QED) is 0.584. The number of nitrogens with one attached hydrogen (secondary N) is 1. The molecule has 2 aromatic heterocycles. The molecule has 0 saturated carbocycles. The topological polar surface area (TPSA) is 59.8 Å². The molecule has 0 spiro atoms. The van der Waals surface area contributed by atoms with E-state index in [-0.39, 0.29) is 5.25 Å². The van der Waals surface area contributed by atoms with Gasteiger partial charge in [-0.2, -0.15) is 5.10 Å². The van der Waals surface area contributed by atoms with E-state index in [0.717, 1.165) is 38.2 Å². The summed E-state index contributed by atoms with van der Waals surface area (Å²) in [5, 5.41) is 10.1. The Morgan fingerprint density at radius 1 is 1.08 bits per heavy atom. The zero-order valence-corrected chi connectivity index (χ0v) is 15.7. The fraction of sp³-hybridized carbons (Fsp3) is 0.200. The number of hydrogen-bond donors (Lipinski definition) is 1. The Morgan fingerprint density at radius 2 is 1.88 bits per heavy atom. The highest BCUT2D eigenvalue weighted by Gasteiger charge is 2.13. The van der Waals surface area contributed by atoms with Crippen molar-refractivity contribution in [2.45, 2.75) is 24.0 Å². The molecule has 0 saturated heterocycles. The molecule has 0 radical (unpaired) electrons. The number of anilines is 2. The van der Waals surface area contributed by atoms with Crippen LogP contribution >= 0.6 is 0 Å². The highest BCUT2D eigenvalue weighted by Crippen LogP contribution is 2.30. The zero-order chi connectivity index (χ0) is 18.3. The van der Waals surface area contributed by atoms with Crippen LogP contribution < -0.4 is 5.32 Å². The van der Waals surface area contributed by atoms with Crippen LogP contribution in [0.2, 0.25) is 0 Å². The molecular formula is C20H20N4OS. The number of nitrogens with zero attached hydrogens (tertiary/aromatic N) is 3. The SMILES string of the molecule is CC(C)S(=O)c1ccc2nccc(Nc3nn(C)c4ccccc34)c2c1. The Kier molecular flexibility index (Phi) is 4.20. The van der Waals surface area contributed by atoms with Gasteiger partial charge in [0.15, 0.2) is 5.82 Å². The molecular weight excluding hydrogens is 344 g/mol. The summed E-state index contributed by atoms with van der Waals surface area (Å²) in [7, 11) is 0.893. The molecule has 2 heterocycles. The summed E-state index contributed by atoms with van der Waals surface area (Å²) in [6, 6.07) is 15.8. The summed E-state index contributed by atoms with van der Waals surface area (Å²) in [4.78, 5) is 5.25. The number of aromatic nitrogens is 3. The molecule has 6 heteroatoms. The first-order valence-electron chi connectivity index (χ1n) is 8.52. The molecule has 5 nitrogen and oxygen atoms in total. The van der Waals surface area contributed by atoms with Gasteiger partial charge in [0.1, 0.15) is 0 Å². The lowest BCUT2D eigenvalue weighted by molar-refractivity contribution is 0.677. The van der Waals surface area contributed by atoms with Crippen molar-refractivity contribution in [2.24, 2.45) is 7.05 Å². The van der Waals surface area contributed by atoms with E-state index in [1.165, 1.54) is 0 Å². The Labute approximate surface area is 154 Å². The first kappa shape index (κ1) is 16.7. The molecule has 2 aromatic carbocycles. The fourth-order valence-corrected chi connectivity index (χ4v) is 4.05. The van der Waals surface area contributed by atoms with Gasteiger partial charge in [-0.15, -0.1) is 0 Å². The van der Waals surface area contributed by atoms with Crippen LogP contribution in [0.25, 0.3) is 21.8 Å². The third kappa shape index (κ3) is 2.86. The largest absolute Gasteiger partial charge is 0.338 e. The summed E-state index contributed by atoms with van der Waals surface area (Å²) in [6.45, 7) is 3.92. The fourth-order valence-electron chi connectivity index (χ4n) is 3.07. The van der Waals surface area contributed by atoms with Gasteiger partial charge in [0, 0.05) is 34.2 Å². The Bertz CT molecular complexity index is 1130. The van der Waals surface area contributed by atoms with E-state index in [9.17, 15) is 4.21 Å². The van der Waals surface area contributed by atoms with E-state index < -0.39 is 10.8 Å². The zero-order valence-electron chi connectivity index (χ0n) is 14.9. The van der Waals surface area contributed by atoms with Crippen LogP contribution in [-0.4, -0.2) is 24.2 Å². The second kappa shape index (κ2) is 6.53. The van der Waals surface area contributed by atoms with Crippen molar-refractivity contribution in [2.75, 3.05) is 5.32 Å². The highest BCUT2D eigenvalue weighted by molar-refractivity contribution is 7.85.